The Labute approximate surface area is 131 Å². The van der Waals surface area contributed by atoms with E-state index in [0.717, 1.165) is 37.4 Å². The second kappa shape index (κ2) is 6.52. The van der Waals surface area contributed by atoms with Gasteiger partial charge in [-0.25, -0.2) is 0 Å². The predicted molar refractivity (Wildman–Crippen MR) is 89.8 cm³/mol. The molecule has 0 unspecified atom stereocenters. The molecule has 2 aromatic carbocycles. The molecule has 1 aliphatic heterocycles. The highest BCUT2D eigenvalue weighted by Gasteiger charge is 2.21. The van der Waals surface area contributed by atoms with Gasteiger partial charge in [0.2, 0.25) is 5.91 Å². The Morgan fingerprint density at radius 2 is 1.55 bits per heavy atom. The zero-order chi connectivity index (χ0) is 15.4. The standard InChI is InChI=1S/C18H21N3O/c19-16-8-6-15(7-9-16)14-18(22)21-12-10-20(11-13-21)17-4-2-1-3-5-17/h1-9H,10-14,19H2. The van der Waals surface area contributed by atoms with Crippen LogP contribution in [-0.4, -0.2) is 37.0 Å². The van der Waals surface area contributed by atoms with Gasteiger partial charge in [0.05, 0.1) is 6.42 Å². The van der Waals surface area contributed by atoms with Crippen LogP contribution in [0.25, 0.3) is 0 Å². The van der Waals surface area contributed by atoms with Crippen molar-refractivity contribution >= 4 is 17.3 Å². The number of benzene rings is 2. The number of para-hydroxylation sites is 1. The number of amides is 1. The van der Waals surface area contributed by atoms with Crippen molar-refractivity contribution in [1.29, 1.82) is 0 Å². The molecule has 0 spiro atoms. The summed E-state index contributed by atoms with van der Waals surface area (Å²) in [6.45, 7) is 3.33. The van der Waals surface area contributed by atoms with Gasteiger partial charge in [0.15, 0.2) is 0 Å². The average molecular weight is 295 g/mol. The van der Waals surface area contributed by atoms with Gasteiger partial charge in [0.25, 0.3) is 0 Å². The first-order chi connectivity index (χ1) is 10.7. The molecule has 2 N–H and O–H groups in total. The highest BCUT2D eigenvalue weighted by atomic mass is 16.2. The van der Waals surface area contributed by atoms with Gasteiger partial charge in [0, 0.05) is 37.6 Å². The normalized spacial score (nSPS) is 14.9. The quantitative estimate of drug-likeness (QED) is 0.883. The number of rotatable bonds is 3. The third kappa shape index (κ3) is 3.39. The fraction of sp³-hybridized carbons (Fsp3) is 0.278. The summed E-state index contributed by atoms with van der Waals surface area (Å²) in [6.07, 6.45) is 0.450. The molecule has 0 aliphatic carbocycles. The van der Waals surface area contributed by atoms with Gasteiger partial charge in [-0.15, -0.1) is 0 Å². The van der Waals surface area contributed by atoms with Crippen LogP contribution < -0.4 is 10.6 Å². The van der Waals surface area contributed by atoms with Crippen LogP contribution in [0.4, 0.5) is 11.4 Å². The van der Waals surface area contributed by atoms with E-state index >= 15 is 0 Å². The van der Waals surface area contributed by atoms with E-state index in [-0.39, 0.29) is 5.91 Å². The summed E-state index contributed by atoms with van der Waals surface area (Å²) < 4.78 is 0. The number of nitrogen functional groups attached to an aromatic ring is 1. The molecule has 0 atom stereocenters. The van der Waals surface area contributed by atoms with Crippen molar-refractivity contribution in [2.75, 3.05) is 36.8 Å². The van der Waals surface area contributed by atoms with Gasteiger partial charge in [-0.3, -0.25) is 4.79 Å². The lowest BCUT2D eigenvalue weighted by molar-refractivity contribution is -0.130. The number of nitrogens with two attached hydrogens (primary N) is 1. The molecule has 114 valence electrons. The average Bonchev–Trinajstić information content (AvgIpc) is 2.58. The van der Waals surface area contributed by atoms with Crippen LogP contribution in [0.2, 0.25) is 0 Å². The van der Waals surface area contributed by atoms with Crippen LogP contribution in [0.15, 0.2) is 54.6 Å². The molecule has 1 saturated heterocycles. The van der Waals surface area contributed by atoms with Crippen LogP contribution in [0.3, 0.4) is 0 Å². The summed E-state index contributed by atoms with van der Waals surface area (Å²) in [5.41, 5.74) is 8.65. The van der Waals surface area contributed by atoms with Crippen LogP contribution in [0, 0.1) is 0 Å². The molecule has 1 fully saturated rings. The van der Waals surface area contributed by atoms with Crippen molar-refractivity contribution in [2.45, 2.75) is 6.42 Å². The van der Waals surface area contributed by atoms with Gasteiger partial charge < -0.3 is 15.5 Å². The fourth-order valence-corrected chi connectivity index (χ4v) is 2.77. The molecule has 0 aromatic heterocycles. The molecule has 4 nitrogen and oxygen atoms in total. The van der Waals surface area contributed by atoms with E-state index in [2.05, 4.69) is 17.0 Å². The Hall–Kier alpha value is -2.49. The van der Waals surface area contributed by atoms with Crippen molar-refractivity contribution in [1.82, 2.24) is 4.90 Å². The molecule has 0 saturated carbocycles. The van der Waals surface area contributed by atoms with E-state index < -0.39 is 0 Å². The van der Waals surface area contributed by atoms with Crippen molar-refractivity contribution < 1.29 is 4.79 Å². The van der Waals surface area contributed by atoms with E-state index in [1.165, 1.54) is 5.69 Å². The lowest BCUT2D eigenvalue weighted by Crippen LogP contribution is -2.49. The number of nitrogens with zero attached hydrogens (tertiary/aromatic N) is 2. The minimum Gasteiger partial charge on any atom is -0.399 e. The molecular weight excluding hydrogens is 274 g/mol. The zero-order valence-electron chi connectivity index (χ0n) is 12.6. The maximum absolute atomic E-state index is 12.4. The number of piperazine rings is 1. The van der Waals surface area contributed by atoms with Crippen molar-refractivity contribution in [3.8, 4) is 0 Å². The van der Waals surface area contributed by atoms with E-state index in [9.17, 15) is 4.79 Å². The number of carbonyl (C=O) groups excluding carboxylic acids is 1. The van der Waals surface area contributed by atoms with Crippen molar-refractivity contribution in [3.63, 3.8) is 0 Å². The second-order valence-electron chi connectivity index (χ2n) is 5.62. The lowest BCUT2D eigenvalue weighted by atomic mass is 10.1. The van der Waals surface area contributed by atoms with Gasteiger partial charge in [0.1, 0.15) is 0 Å². The number of hydrogen-bond donors (Lipinski definition) is 1. The maximum atomic E-state index is 12.4. The number of anilines is 2. The predicted octanol–water partition coefficient (Wildman–Crippen LogP) is 2.16. The topological polar surface area (TPSA) is 49.6 Å². The number of carbonyl (C=O) groups is 1. The zero-order valence-corrected chi connectivity index (χ0v) is 12.6. The van der Waals surface area contributed by atoms with E-state index in [1.807, 2.05) is 47.4 Å². The highest BCUT2D eigenvalue weighted by molar-refractivity contribution is 5.79. The van der Waals surface area contributed by atoms with Crippen LogP contribution in [0.1, 0.15) is 5.56 Å². The Balaban J connectivity index is 1.54. The third-order valence-corrected chi connectivity index (χ3v) is 4.09. The Morgan fingerprint density at radius 3 is 2.18 bits per heavy atom. The molecule has 1 amide bonds. The molecule has 0 bridgehead atoms. The molecule has 22 heavy (non-hydrogen) atoms. The monoisotopic (exact) mass is 295 g/mol. The van der Waals surface area contributed by atoms with E-state index in [4.69, 9.17) is 5.73 Å². The minimum atomic E-state index is 0.192. The third-order valence-electron chi connectivity index (χ3n) is 4.09. The number of hydrogen-bond acceptors (Lipinski definition) is 3. The summed E-state index contributed by atoms with van der Waals surface area (Å²) in [5.74, 6) is 0.192. The second-order valence-corrected chi connectivity index (χ2v) is 5.62. The molecule has 1 heterocycles. The van der Waals surface area contributed by atoms with Crippen LogP contribution >= 0.6 is 0 Å². The fourth-order valence-electron chi connectivity index (χ4n) is 2.77. The van der Waals surface area contributed by atoms with Crippen molar-refractivity contribution in [3.05, 3.63) is 60.2 Å². The van der Waals surface area contributed by atoms with Gasteiger partial charge in [-0.1, -0.05) is 30.3 Å². The summed E-state index contributed by atoms with van der Waals surface area (Å²) in [6, 6.07) is 17.9. The summed E-state index contributed by atoms with van der Waals surface area (Å²) >= 11 is 0. The Morgan fingerprint density at radius 1 is 0.909 bits per heavy atom. The highest BCUT2D eigenvalue weighted by Crippen LogP contribution is 2.16. The van der Waals surface area contributed by atoms with Crippen molar-refractivity contribution in [2.24, 2.45) is 0 Å². The van der Waals surface area contributed by atoms with Crippen LogP contribution in [-0.2, 0) is 11.2 Å². The first-order valence-electron chi connectivity index (χ1n) is 7.64. The molecule has 1 aliphatic rings. The molecule has 4 heteroatoms. The minimum absolute atomic E-state index is 0.192. The first-order valence-corrected chi connectivity index (χ1v) is 7.64. The first kappa shape index (κ1) is 14.4. The summed E-state index contributed by atoms with van der Waals surface area (Å²) in [5, 5.41) is 0. The molecular formula is C18H21N3O. The largest absolute Gasteiger partial charge is 0.399 e. The van der Waals surface area contributed by atoms with E-state index in [1.54, 1.807) is 0 Å². The van der Waals surface area contributed by atoms with Gasteiger partial charge >= 0.3 is 0 Å². The van der Waals surface area contributed by atoms with Gasteiger partial charge in [-0.2, -0.15) is 0 Å². The Kier molecular flexibility index (Phi) is 4.28. The van der Waals surface area contributed by atoms with E-state index in [0.29, 0.717) is 6.42 Å². The maximum Gasteiger partial charge on any atom is 0.227 e. The smallest absolute Gasteiger partial charge is 0.227 e. The molecule has 3 rings (SSSR count). The van der Waals surface area contributed by atoms with Crippen LogP contribution in [0.5, 0.6) is 0 Å². The molecule has 0 radical (unpaired) electrons. The Bertz CT molecular complexity index is 617. The summed E-state index contributed by atoms with van der Waals surface area (Å²) in [7, 11) is 0. The summed E-state index contributed by atoms with van der Waals surface area (Å²) in [4.78, 5) is 16.7. The SMILES string of the molecule is Nc1ccc(CC(=O)N2CCN(c3ccccc3)CC2)cc1. The lowest BCUT2D eigenvalue weighted by Gasteiger charge is -2.36. The van der Waals surface area contributed by atoms with Gasteiger partial charge in [-0.05, 0) is 29.8 Å². The molecule has 2 aromatic rings.